The van der Waals surface area contributed by atoms with Crippen LogP contribution in [0, 0.1) is 0 Å². The Hall–Kier alpha value is -3.52. The van der Waals surface area contributed by atoms with Crippen LogP contribution in [0.2, 0.25) is 0 Å². The fourth-order valence-corrected chi connectivity index (χ4v) is 4.45. The van der Waals surface area contributed by atoms with Crippen LogP contribution in [-0.4, -0.2) is 63.3 Å². The summed E-state index contributed by atoms with van der Waals surface area (Å²) in [6.45, 7) is 6.81. The van der Waals surface area contributed by atoms with Gasteiger partial charge in [-0.1, -0.05) is 39.0 Å². The Morgan fingerprint density at radius 3 is 2.25 bits per heavy atom. The van der Waals surface area contributed by atoms with Crippen molar-refractivity contribution in [2.45, 2.75) is 38.6 Å². The van der Waals surface area contributed by atoms with E-state index < -0.39 is 17.7 Å². The number of aliphatic hydroxyl groups is 1. The molecular formula is C28H35NO7. The SMILES string of the molecule is COCCCN1C(=O)C(=O)/C(=C(/O)c2cc(C(C)(C)C)ccc2OC)C1c1cccc(OC)c1OC. The zero-order valence-corrected chi connectivity index (χ0v) is 22.0. The minimum absolute atomic E-state index is 0.0340. The maximum Gasteiger partial charge on any atom is 0.295 e. The fraction of sp³-hybridized carbons (Fsp3) is 0.429. The molecule has 2 aromatic carbocycles. The highest BCUT2D eigenvalue weighted by atomic mass is 16.5. The van der Waals surface area contributed by atoms with Crippen molar-refractivity contribution in [3.63, 3.8) is 0 Å². The predicted octanol–water partition coefficient (Wildman–Crippen LogP) is 4.47. The van der Waals surface area contributed by atoms with Crippen LogP contribution in [0.4, 0.5) is 0 Å². The molecule has 1 saturated heterocycles. The highest BCUT2D eigenvalue weighted by Crippen LogP contribution is 2.46. The number of ketones is 1. The van der Waals surface area contributed by atoms with Gasteiger partial charge in [0.05, 0.1) is 38.5 Å². The summed E-state index contributed by atoms with van der Waals surface area (Å²) < 4.78 is 21.8. The summed E-state index contributed by atoms with van der Waals surface area (Å²) in [5.74, 6) is -0.561. The third-order valence-corrected chi connectivity index (χ3v) is 6.34. The number of carbonyl (C=O) groups excluding carboxylic acids is 2. The number of amides is 1. The zero-order valence-electron chi connectivity index (χ0n) is 22.0. The molecule has 1 fully saturated rings. The maximum atomic E-state index is 13.4. The van der Waals surface area contributed by atoms with Crippen molar-refractivity contribution in [3.8, 4) is 17.2 Å². The van der Waals surface area contributed by atoms with Gasteiger partial charge in [0.15, 0.2) is 11.5 Å². The molecule has 194 valence electrons. The van der Waals surface area contributed by atoms with Crippen LogP contribution in [0.1, 0.15) is 49.9 Å². The van der Waals surface area contributed by atoms with E-state index in [-0.39, 0.29) is 23.3 Å². The number of aliphatic hydroxyl groups excluding tert-OH is 1. The summed E-state index contributed by atoms with van der Waals surface area (Å²) in [5, 5.41) is 11.6. The van der Waals surface area contributed by atoms with Gasteiger partial charge in [-0.05, 0) is 35.6 Å². The minimum atomic E-state index is -0.894. The number of nitrogens with zero attached hydrogens (tertiary/aromatic N) is 1. The number of ether oxygens (including phenoxy) is 4. The molecule has 3 rings (SSSR count). The van der Waals surface area contributed by atoms with Gasteiger partial charge in [0.2, 0.25) is 0 Å². The van der Waals surface area contributed by atoms with E-state index in [0.717, 1.165) is 5.56 Å². The van der Waals surface area contributed by atoms with Gasteiger partial charge in [-0.15, -0.1) is 0 Å². The molecule has 1 heterocycles. The first-order valence-corrected chi connectivity index (χ1v) is 11.8. The number of methoxy groups -OCH3 is 4. The first kappa shape index (κ1) is 27.1. The van der Waals surface area contributed by atoms with E-state index in [1.165, 1.54) is 26.2 Å². The average molecular weight is 498 g/mol. The molecule has 1 atom stereocenters. The molecule has 1 aliphatic heterocycles. The van der Waals surface area contributed by atoms with Crippen LogP contribution >= 0.6 is 0 Å². The van der Waals surface area contributed by atoms with Crippen molar-refractivity contribution in [1.82, 2.24) is 4.90 Å². The summed E-state index contributed by atoms with van der Waals surface area (Å²) in [7, 11) is 6.08. The van der Waals surface area contributed by atoms with E-state index in [0.29, 0.717) is 41.4 Å². The van der Waals surface area contributed by atoms with Crippen molar-refractivity contribution in [2.75, 3.05) is 41.6 Å². The number of para-hydroxylation sites is 1. The number of rotatable bonds is 9. The van der Waals surface area contributed by atoms with Gasteiger partial charge in [0.1, 0.15) is 11.5 Å². The molecule has 0 aromatic heterocycles. The van der Waals surface area contributed by atoms with E-state index in [9.17, 15) is 14.7 Å². The first-order chi connectivity index (χ1) is 17.1. The van der Waals surface area contributed by atoms with Gasteiger partial charge in [-0.3, -0.25) is 9.59 Å². The Kier molecular flexibility index (Phi) is 8.30. The molecule has 1 N–H and O–H groups in total. The number of Topliss-reactive ketones (excluding diaryl/α,β-unsaturated/α-hetero) is 1. The lowest BCUT2D eigenvalue weighted by molar-refractivity contribution is -0.140. The van der Waals surface area contributed by atoms with Crippen molar-refractivity contribution >= 4 is 17.4 Å². The van der Waals surface area contributed by atoms with Crippen molar-refractivity contribution in [3.05, 3.63) is 58.7 Å². The fourth-order valence-electron chi connectivity index (χ4n) is 4.45. The summed E-state index contributed by atoms with van der Waals surface area (Å²) in [5.41, 5.74) is 1.55. The third-order valence-electron chi connectivity index (χ3n) is 6.34. The normalized spacial score (nSPS) is 17.4. The molecule has 8 heteroatoms. The predicted molar refractivity (Wildman–Crippen MR) is 137 cm³/mol. The van der Waals surface area contributed by atoms with Crippen LogP contribution < -0.4 is 14.2 Å². The van der Waals surface area contributed by atoms with E-state index in [4.69, 9.17) is 18.9 Å². The summed E-state index contributed by atoms with van der Waals surface area (Å²) in [6.07, 6.45) is 0.509. The van der Waals surface area contributed by atoms with Gasteiger partial charge in [-0.2, -0.15) is 0 Å². The Bertz CT molecular complexity index is 1160. The molecule has 0 aliphatic carbocycles. The molecule has 2 aromatic rings. The van der Waals surface area contributed by atoms with E-state index in [2.05, 4.69) is 20.8 Å². The van der Waals surface area contributed by atoms with Crippen LogP contribution in [0.5, 0.6) is 17.2 Å². The number of carbonyl (C=O) groups is 2. The summed E-state index contributed by atoms with van der Waals surface area (Å²) in [6, 6.07) is 9.83. The Balaban J connectivity index is 2.31. The van der Waals surface area contributed by atoms with Crippen molar-refractivity contribution in [1.29, 1.82) is 0 Å². The maximum absolute atomic E-state index is 13.4. The van der Waals surface area contributed by atoms with Crippen molar-refractivity contribution in [2.24, 2.45) is 0 Å². The monoisotopic (exact) mass is 497 g/mol. The lowest BCUT2D eigenvalue weighted by Gasteiger charge is -2.27. The minimum Gasteiger partial charge on any atom is -0.507 e. The second-order valence-electron chi connectivity index (χ2n) is 9.59. The number of hydrogen-bond donors (Lipinski definition) is 1. The van der Waals surface area contributed by atoms with Crippen LogP contribution in [0.25, 0.3) is 5.76 Å². The second kappa shape index (κ2) is 11.0. The molecule has 0 radical (unpaired) electrons. The van der Waals surface area contributed by atoms with Crippen LogP contribution in [-0.2, 0) is 19.7 Å². The Labute approximate surface area is 212 Å². The first-order valence-electron chi connectivity index (χ1n) is 11.8. The number of hydrogen-bond acceptors (Lipinski definition) is 7. The van der Waals surface area contributed by atoms with Gasteiger partial charge >= 0.3 is 0 Å². The second-order valence-corrected chi connectivity index (χ2v) is 9.59. The largest absolute Gasteiger partial charge is 0.507 e. The van der Waals surface area contributed by atoms with Gasteiger partial charge in [0.25, 0.3) is 11.7 Å². The lowest BCUT2D eigenvalue weighted by Crippen LogP contribution is -2.31. The number of likely N-dealkylation sites (tertiary alicyclic amines) is 1. The molecule has 1 unspecified atom stereocenters. The summed E-state index contributed by atoms with van der Waals surface area (Å²) in [4.78, 5) is 28.1. The standard InChI is InChI=1S/C28H35NO7/c1-28(2,3)17-12-13-20(34-5)19(16-17)24(30)22-23(18-10-8-11-21(35-6)26(18)36-7)29(14-9-15-33-4)27(32)25(22)31/h8,10-13,16,23,30H,9,14-15H2,1-7H3/b24-22+. The average Bonchev–Trinajstić information content (AvgIpc) is 3.11. The molecule has 1 amide bonds. The molecular weight excluding hydrogens is 462 g/mol. The topological polar surface area (TPSA) is 94.5 Å². The lowest BCUT2D eigenvalue weighted by atomic mass is 9.85. The quantitative estimate of drug-likeness (QED) is 0.236. The van der Waals surface area contributed by atoms with E-state index in [1.54, 1.807) is 37.4 Å². The van der Waals surface area contributed by atoms with E-state index in [1.807, 2.05) is 6.07 Å². The van der Waals surface area contributed by atoms with E-state index >= 15 is 0 Å². The Morgan fingerprint density at radius 1 is 0.972 bits per heavy atom. The van der Waals surface area contributed by atoms with Gasteiger partial charge in [-0.25, -0.2) is 0 Å². The third kappa shape index (κ3) is 5.04. The van der Waals surface area contributed by atoms with Gasteiger partial charge in [0, 0.05) is 25.8 Å². The molecule has 0 saturated carbocycles. The van der Waals surface area contributed by atoms with Crippen molar-refractivity contribution < 1.29 is 33.6 Å². The molecule has 36 heavy (non-hydrogen) atoms. The molecule has 0 bridgehead atoms. The Morgan fingerprint density at radius 2 is 1.67 bits per heavy atom. The van der Waals surface area contributed by atoms with Gasteiger partial charge < -0.3 is 29.0 Å². The molecule has 0 spiro atoms. The molecule has 8 nitrogen and oxygen atoms in total. The molecule has 1 aliphatic rings. The highest BCUT2D eigenvalue weighted by molar-refractivity contribution is 6.46. The van der Waals surface area contributed by atoms with Crippen LogP contribution in [0.3, 0.4) is 0 Å². The van der Waals surface area contributed by atoms with Crippen LogP contribution in [0.15, 0.2) is 42.0 Å². The number of benzene rings is 2. The summed E-state index contributed by atoms with van der Waals surface area (Å²) >= 11 is 0. The smallest absolute Gasteiger partial charge is 0.295 e. The zero-order chi connectivity index (χ0) is 26.6. The highest BCUT2D eigenvalue weighted by Gasteiger charge is 2.47.